The van der Waals surface area contributed by atoms with E-state index in [-0.39, 0.29) is 30.2 Å². The maximum absolute atomic E-state index is 12.2. The summed E-state index contributed by atoms with van der Waals surface area (Å²) in [5.41, 5.74) is 2.06. The lowest BCUT2D eigenvalue weighted by Gasteiger charge is -2.31. The molecule has 10 heteroatoms. The summed E-state index contributed by atoms with van der Waals surface area (Å²) < 4.78 is 11.8. The molecule has 166 valence electrons. The van der Waals surface area contributed by atoms with Crippen LogP contribution in [0.2, 0.25) is 0 Å². The number of likely N-dealkylation sites (tertiary alicyclic amines) is 1. The van der Waals surface area contributed by atoms with Crippen LogP contribution in [-0.4, -0.2) is 70.0 Å². The highest BCUT2D eigenvalue weighted by molar-refractivity contribution is 5.91. The smallest absolute Gasteiger partial charge is 0.409 e. The van der Waals surface area contributed by atoms with Gasteiger partial charge in [0.2, 0.25) is 0 Å². The van der Waals surface area contributed by atoms with Crippen molar-refractivity contribution in [1.82, 2.24) is 25.0 Å². The van der Waals surface area contributed by atoms with Gasteiger partial charge in [-0.3, -0.25) is 4.79 Å². The molecule has 10 nitrogen and oxygen atoms in total. The van der Waals surface area contributed by atoms with Gasteiger partial charge >= 0.3 is 12.1 Å². The SMILES string of the molecule is CCOC(=O)N1CCC(NC(=O)COC(=O)c2ccc(-n3nc(C)cc3C)nc2)CC1. The van der Waals surface area contributed by atoms with Crippen molar-refractivity contribution in [3.05, 3.63) is 41.3 Å². The molecule has 2 amide bonds. The Morgan fingerprint density at radius 3 is 2.48 bits per heavy atom. The number of hydrogen-bond acceptors (Lipinski definition) is 7. The van der Waals surface area contributed by atoms with Crippen LogP contribution in [0.3, 0.4) is 0 Å². The van der Waals surface area contributed by atoms with E-state index in [1.165, 1.54) is 6.20 Å². The lowest BCUT2D eigenvalue weighted by atomic mass is 10.1. The first-order valence-electron chi connectivity index (χ1n) is 10.2. The highest BCUT2D eigenvalue weighted by Crippen LogP contribution is 2.12. The molecule has 2 aromatic heterocycles. The molecule has 0 unspecified atom stereocenters. The Labute approximate surface area is 180 Å². The zero-order chi connectivity index (χ0) is 22.4. The number of amides is 2. The number of aryl methyl sites for hydroxylation is 2. The summed E-state index contributed by atoms with van der Waals surface area (Å²) in [6.07, 6.45) is 2.31. The average Bonchev–Trinajstić information content (AvgIpc) is 3.10. The fourth-order valence-electron chi connectivity index (χ4n) is 3.40. The largest absolute Gasteiger partial charge is 0.452 e. The molecule has 1 saturated heterocycles. The number of nitrogens with one attached hydrogen (secondary N) is 1. The molecule has 3 heterocycles. The van der Waals surface area contributed by atoms with Crippen molar-refractivity contribution in [3.63, 3.8) is 0 Å². The predicted molar refractivity (Wildman–Crippen MR) is 111 cm³/mol. The van der Waals surface area contributed by atoms with Crippen LogP contribution < -0.4 is 5.32 Å². The van der Waals surface area contributed by atoms with E-state index >= 15 is 0 Å². The van der Waals surface area contributed by atoms with Gasteiger partial charge in [0.25, 0.3) is 5.91 Å². The van der Waals surface area contributed by atoms with E-state index in [1.54, 1.807) is 28.6 Å². The zero-order valence-corrected chi connectivity index (χ0v) is 18.0. The summed E-state index contributed by atoms with van der Waals surface area (Å²) in [6, 6.07) is 5.12. The predicted octanol–water partition coefficient (Wildman–Crippen LogP) is 1.78. The van der Waals surface area contributed by atoms with E-state index in [0.717, 1.165) is 11.4 Å². The number of carbonyl (C=O) groups is 3. The van der Waals surface area contributed by atoms with Crippen LogP contribution in [0.15, 0.2) is 24.4 Å². The van der Waals surface area contributed by atoms with Crippen LogP contribution in [0.1, 0.15) is 41.5 Å². The summed E-state index contributed by atoms with van der Waals surface area (Å²) in [6.45, 7) is 6.55. The molecule has 3 rings (SSSR count). The number of nitrogens with zero attached hydrogens (tertiary/aromatic N) is 4. The van der Waals surface area contributed by atoms with Gasteiger partial charge in [-0.2, -0.15) is 5.10 Å². The number of pyridine rings is 1. The van der Waals surface area contributed by atoms with Crippen LogP contribution in [0, 0.1) is 13.8 Å². The van der Waals surface area contributed by atoms with Gasteiger partial charge in [0.15, 0.2) is 12.4 Å². The van der Waals surface area contributed by atoms with Crippen molar-refractivity contribution in [3.8, 4) is 5.82 Å². The Kier molecular flexibility index (Phi) is 7.22. The van der Waals surface area contributed by atoms with Crippen molar-refractivity contribution in [2.45, 2.75) is 39.7 Å². The van der Waals surface area contributed by atoms with E-state index in [4.69, 9.17) is 9.47 Å². The quantitative estimate of drug-likeness (QED) is 0.696. The van der Waals surface area contributed by atoms with E-state index in [1.807, 2.05) is 19.9 Å². The molecule has 0 saturated carbocycles. The molecule has 31 heavy (non-hydrogen) atoms. The first-order valence-corrected chi connectivity index (χ1v) is 10.2. The van der Waals surface area contributed by atoms with Gasteiger partial charge in [-0.25, -0.2) is 19.3 Å². The Balaban J connectivity index is 1.44. The third-order valence-corrected chi connectivity index (χ3v) is 4.93. The minimum Gasteiger partial charge on any atom is -0.452 e. The molecular weight excluding hydrogens is 402 g/mol. The molecule has 0 aliphatic carbocycles. The number of rotatable bonds is 6. The van der Waals surface area contributed by atoms with E-state index in [9.17, 15) is 14.4 Å². The first kappa shape index (κ1) is 22.3. The van der Waals surface area contributed by atoms with Crippen molar-refractivity contribution in [2.75, 3.05) is 26.3 Å². The Hall–Kier alpha value is -3.43. The van der Waals surface area contributed by atoms with Crippen LogP contribution in [0.25, 0.3) is 5.82 Å². The highest BCUT2D eigenvalue weighted by atomic mass is 16.6. The number of esters is 1. The molecule has 2 aromatic rings. The van der Waals surface area contributed by atoms with Gasteiger partial charge in [-0.05, 0) is 51.8 Å². The number of hydrogen-bond donors (Lipinski definition) is 1. The third kappa shape index (κ3) is 5.80. The average molecular weight is 429 g/mol. The fraction of sp³-hybridized carbons (Fsp3) is 0.476. The zero-order valence-electron chi connectivity index (χ0n) is 18.0. The number of carbonyl (C=O) groups excluding carboxylic acids is 3. The summed E-state index contributed by atoms with van der Waals surface area (Å²) in [5, 5.41) is 7.18. The molecule has 0 aromatic carbocycles. The van der Waals surface area contributed by atoms with Crippen molar-refractivity contribution in [2.24, 2.45) is 0 Å². The van der Waals surface area contributed by atoms with Crippen molar-refractivity contribution in [1.29, 1.82) is 0 Å². The molecule has 0 atom stereocenters. The van der Waals surface area contributed by atoms with Gasteiger partial charge in [-0.1, -0.05) is 0 Å². The summed E-state index contributed by atoms with van der Waals surface area (Å²) >= 11 is 0. The third-order valence-electron chi connectivity index (χ3n) is 4.93. The molecular formula is C21H27N5O5. The summed E-state index contributed by atoms with van der Waals surface area (Å²) in [4.78, 5) is 41.9. The normalized spacial score (nSPS) is 14.2. The Morgan fingerprint density at radius 1 is 1.16 bits per heavy atom. The van der Waals surface area contributed by atoms with Crippen molar-refractivity contribution < 1.29 is 23.9 Å². The minimum absolute atomic E-state index is 0.0707. The van der Waals surface area contributed by atoms with Crippen LogP contribution in [-0.2, 0) is 14.3 Å². The second-order valence-electron chi connectivity index (χ2n) is 7.35. The summed E-state index contributed by atoms with van der Waals surface area (Å²) in [7, 11) is 0. The van der Waals surface area contributed by atoms with Gasteiger partial charge in [0.05, 0.1) is 17.9 Å². The van der Waals surface area contributed by atoms with Crippen LogP contribution in [0.4, 0.5) is 4.79 Å². The Bertz CT molecular complexity index is 932. The van der Waals surface area contributed by atoms with Crippen LogP contribution in [0.5, 0.6) is 0 Å². The maximum atomic E-state index is 12.2. The number of ether oxygens (including phenoxy) is 2. The minimum atomic E-state index is -0.625. The highest BCUT2D eigenvalue weighted by Gasteiger charge is 2.24. The summed E-state index contributed by atoms with van der Waals surface area (Å²) in [5.74, 6) is -0.413. The van der Waals surface area contributed by atoms with E-state index in [0.29, 0.717) is 38.4 Å². The fourth-order valence-corrected chi connectivity index (χ4v) is 3.40. The standard InChI is InChI=1S/C21H27N5O5/c1-4-30-21(29)25-9-7-17(8-10-25)23-19(27)13-31-20(28)16-5-6-18(22-12-16)26-15(3)11-14(2)24-26/h5-6,11-12,17H,4,7-10,13H2,1-3H3,(H,23,27). The molecule has 1 aliphatic rings. The topological polar surface area (TPSA) is 116 Å². The molecule has 0 radical (unpaired) electrons. The number of piperidine rings is 1. The first-order chi connectivity index (χ1) is 14.9. The van der Waals surface area contributed by atoms with Gasteiger partial charge in [0, 0.05) is 31.0 Å². The lowest BCUT2D eigenvalue weighted by molar-refractivity contribution is -0.125. The van der Waals surface area contributed by atoms with Gasteiger partial charge in [-0.15, -0.1) is 0 Å². The van der Waals surface area contributed by atoms with Gasteiger partial charge in [0.1, 0.15) is 0 Å². The molecule has 1 aliphatic heterocycles. The lowest BCUT2D eigenvalue weighted by Crippen LogP contribution is -2.47. The monoisotopic (exact) mass is 429 g/mol. The molecule has 1 N–H and O–H groups in total. The van der Waals surface area contributed by atoms with E-state index in [2.05, 4.69) is 15.4 Å². The molecule has 0 spiro atoms. The van der Waals surface area contributed by atoms with Gasteiger partial charge < -0.3 is 19.7 Å². The molecule has 0 bridgehead atoms. The second kappa shape index (κ2) is 10.1. The molecule has 1 fully saturated rings. The van der Waals surface area contributed by atoms with Crippen molar-refractivity contribution >= 4 is 18.0 Å². The van der Waals surface area contributed by atoms with E-state index < -0.39 is 5.97 Å². The Morgan fingerprint density at radius 2 is 1.90 bits per heavy atom. The van der Waals surface area contributed by atoms with Crippen LogP contribution >= 0.6 is 0 Å². The second-order valence-corrected chi connectivity index (χ2v) is 7.35. The number of aromatic nitrogens is 3. The maximum Gasteiger partial charge on any atom is 0.409 e.